The van der Waals surface area contributed by atoms with E-state index in [-0.39, 0.29) is 24.8 Å². The molecule has 1 fully saturated rings. The minimum atomic E-state index is -0.530. The highest BCUT2D eigenvalue weighted by Crippen LogP contribution is 2.33. The van der Waals surface area contributed by atoms with Gasteiger partial charge in [0.15, 0.2) is 0 Å². The van der Waals surface area contributed by atoms with Crippen LogP contribution in [0, 0.1) is 5.92 Å². The molecular weight excluding hydrogens is 346 g/mol. The number of carbonyl (C=O) groups is 3. The molecule has 2 aromatic rings. The zero-order valence-corrected chi connectivity index (χ0v) is 15.0. The molecule has 140 valence electrons. The highest BCUT2D eigenvalue weighted by atomic mass is 16.5. The molecule has 3 N–H and O–H groups in total. The molecule has 0 spiro atoms. The summed E-state index contributed by atoms with van der Waals surface area (Å²) in [4.78, 5) is 37.7. The fourth-order valence-corrected chi connectivity index (χ4v) is 3.04. The van der Waals surface area contributed by atoms with Crippen molar-refractivity contribution in [2.75, 3.05) is 23.4 Å². The maximum absolute atomic E-state index is 12.6. The van der Waals surface area contributed by atoms with Crippen LogP contribution in [0.5, 0.6) is 5.75 Å². The van der Waals surface area contributed by atoms with Gasteiger partial charge in [0.25, 0.3) is 0 Å². The third kappa shape index (κ3) is 4.08. The lowest BCUT2D eigenvalue weighted by atomic mass is 10.1. The summed E-state index contributed by atoms with van der Waals surface area (Å²) in [6, 6.07) is 13.6. The van der Waals surface area contributed by atoms with Crippen molar-refractivity contribution >= 4 is 29.1 Å². The summed E-state index contributed by atoms with van der Waals surface area (Å²) in [7, 11) is 0. The van der Waals surface area contributed by atoms with E-state index in [1.54, 1.807) is 35.2 Å². The lowest BCUT2D eigenvalue weighted by molar-refractivity contribution is -0.122. The van der Waals surface area contributed by atoms with Gasteiger partial charge < -0.3 is 20.7 Å². The number of para-hydroxylation sites is 2. The van der Waals surface area contributed by atoms with Gasteiger partial charge in [0, 0.05) is 24.2 Å². The van der Waals surface area contributed by atoms with E-state index in [2.05, 4.69) is 5.32 Å². The second-order valence-electron chi connectivity index (χ2n) is 6.24. The Hall–Kier alpha value is -3.35. The summed E-state index contributed by atoms with van der Waals surface area (Å²) >= 11 is 0. The summed E-state index contributed by atoms with van der Waals surface area (Å²) in [5.41, 5.74) is 6.79. The molecule has 7 heteroatoms. The molecule has 1 saturated heterocycles. The summed E-state index contributed by atoms with van der Waals surface area (Å²) in [6.07, 6.45) is 0.131. The number of rotatable bonds is 6. The van der Waals surface area contributed by atoms with Crippen LogP contribution in [0.3, 0.4) is 0 Å². The maximum atomic E-state index is 12.6. The third-order valence-corrected chi connectivity index (χ3v) is 4.39. The first-order chi connectivity index (χ1) is 13.0. The number of nitrogens with two attached hydrogens (primary N) is 1. The molecule has 0 aliphatic carbocycles. The third-order valence-electron chi connectivity index (χ3n) is 4.39. The minimum Gasteiger partial charge on any atom is -0.492 e. The predicted molar refractivity (Wildman–Crippen MR) is 102 cm³/mol. The first-order valence-electron chi connectivity index (χ1n) is 8.72. The van der Waals surface area contributed by atoms with Gasteiger partial charge in [-0.15, -0.1) is 0 Å². The van der Waals surface area contributed by atoms with Crippen molar-refractivity contribution in [3.05, 3.63) is 54.1 Å². The average Bonchev–Trinajstić information content (AvgIpc) is 3.05. The summed E-state index contributed by atoms with van der Waals surface area (Å²) in [6.45, 7) is 2.65. The standard InChI is InChI=1S/C20H21N3O4/c1-2-27-17-6-4-3-5-16(17)23-12-14(11-18(23)24)20(26)22-15-9-7-13(8-10-15)19(21)25/h3-10,14H,2,11-12H2,1H3,(H2,21,25)(H,22,26)/t14-/m1/s1. The molecular formula is C20H21N3O4. The van der Waals surface area contributed by atoms with E-state index in [1.807, 2.05) is 25.1 Å². The van der Waals surface area contributed by atoms with Gasteiger partial charge >= 0.3 is 0 Å². The zero-order valence-electron chi connectivity index (χ0n) is 15.0. The van der Waals surface area contributed by atoms with Gasteiger partial charge in [-0.05, 0) is 43.3 Å². The molecule has 3 amide bonds. The fraction of sp³-hybridized carbons (Fsp3) is 0.250. The normalized spacial score (nSPS) is 16.3. The molecule has 7 nitrogen and oxygen atoms in total. The second kappa shape index (κ2) is 7.90. The van der Waals surface area contributed by atoms with Crippen molar-refractivity contribution in [1.29, 1.82) is 0 Å². The van der Waals surface area contributed by atoms with Crippen LogP contribution in [-0.4, -0.2) is 30.9 Å². The number of benzene rings is 2. The molecule has 0 bridgehead atoms. The van der Waals surface area contributed by atoms with E-state index in [9.17, 15) is 14.4 Å². The molecule has 0 unspecified atom stereocenters. The number of hydrogen-bond acceptors (Lipinski definition) is 4. The Morgan fingerprint density at radius 2 is 1.89 bits per heavy atom. The van der Waals surface area contributed by atoms with Gasteiger partial charge in [-0.2, -0.15) is 0 Å². The molecule has 0 aromatic heterocycles. The molecule has 0 radical (unpaired) electrons. The van der Waals surface area contributed by atoms with Crippen LogP contribution in [0.1, 0.15) is 23.7 Å². The molecule has 1 aliphatic rings. The molecule has 1 heterocycles. The Morgan fingerprint density at radius 1 is 1.19 bits per heavy atom. The number of primary amides is 1. The van der Waals surface area contributed by atoms with E-state index < -0.39 is 11.8 Å². The van der Waals surface area contributed by atoms with Crippen molar-refractivity contribution < 1.29 is 19.1 Å². The number of anilines is 2. The van der Waals surface area contributed by atoms with Crippen molar-refractivity contribution in [3.8, 4) is 5.75 Å². The highest BCUT2D eigenvalue weighted by molar-refractivity contribution is 6.04. The second-order valence-corrected chi connectivity index (χ2v) is 6.24. The van der Waals surface area contributed by atoms with Crippen LogP contribution in [0.4, 0.5) is 11.4 Å². The quantitative estimate of drug-likeness (QED) is 0.817. The Bertz CT molecular complexity index is 864. The lowest BCUT2D eigenvalue weighted by Crippen LogP contribution is -2.28. The molecule has 27 heavy (non-hydrogen) atoms. The fourth-order valence-electron chi connectivity index (χ4n) is 3.04. The number of amides is 3. The van der Waals surface area contributed by atoms with Crippen LogP contribution >= 0.6 is 0 Å². The average molecular weight is 367 g/mol. The van der Waals surface area contributed by atoms with Crippen molar-refractivity contribution in [1.82, 2.24) is 0 Å². The van der Waals surface area contributed by atoms with Crippen LogP contribution < -0.4 is 20.7 Å². The van der Waals surface area contributed by atoms with Gasteiger partial charge in [-0.3, -0.25) is 14.4 Å². The summed E-state index contributed by atoms with van der Waals surface area (Å²) in [5, 5.41) is 2.78. The molecule has 2 aromatic carbocycles. The number of hydrogen-bond donors (Lipinski definition) is 2. The predicted octanol–water partition coefficient (Wildman–Crippen LogP) is 2.18. The SMILES string of the molecule is CCOc1ccccc1N1C[C@H](C(=O)Nc2ccc(C(N)=O)cc2)CC1=O. The van der Waals surface area contributed by atoms with Gasteiger partial charge in [0.2, 0.25) is 17.7 Å². The Morgan fingerprint density at radius 3 is 2.56 bits per heavy atom. The van der Waals surface area contributed by atoms with Gasteiger partial charge in [-0.1, -0.05) is 12.1 Å². The van der Waals surface area contributed by atoms with E-state index in [1.165, 1.54) is 0 Å². The lowest BCUT2D eigenvalue weighted by Gasteiger charge is -2.20. The van der Waals surface area contributed by atoms with Crippen LogP contribution in [0.25, 0.3) is 0 Å². The number of nitrogens with one attached hydrogen (secondary N) is 1. The molecule has 3 rings (SSSR count). The molecule has 1 aliphatic heterocycles. The van der Waals surface area contributed by atoms with Crippen molar-refractivity contribution in [2.24, 2.45) is 11.7 Å². The first-order valence-corrected chi connectivity index (χ1v) is 8.72. The Labute approximate surface area is 157 Å². The Kier molecular flexibility index (Phi) is 5.40. The van der Waals surface area contributed by atoms with E-state index in [4.69, 9.17) is 10.5 Å². The van der Waals surface area contributed by atoms with Gasteiger partial charge in [0.05, 0.1) is 18.2 Å². The highest BCUT2D eigenvalue weighted by Gasteiger charge is 2.36. The van der Waals surface area contributed by atoms with E-state index in [0.717, 1.165) is 0 Å². The summed E-state index contributed by atoms with van der Waals surface area (Å²) in [5.74, 6) is -0.740. The minimum absolute atomic E-state index is 0.119. The summed E-state index contributed by atoms with van der Waals surface area (Å²) < 4.78 is 5.59. The molecule has 0 saturated carbocycles. The van der Waals surface area contributed by atoms with Crippen molar-refractivity contribution in [2.45, 2.75) is 13.3 Å². The van der Waals surface area contributed by atoms with Crippen molar-refractivity contribution in [3.63, 3.8) is 0 Å². The van der Waals surface area contributed by atoms with E-state index >= 15 is 0 Å². The van der Waals surface area contributed by atoms with Gasteiger partial charge in [0.1, 0.15) is 5.75 Å². The Balaban J connectivity index is 1.70. The number of carbonyl (C=O) groups excluding carboxylic acids is 3. The largest absolute Gasteiger partial charge is 0.492 e. The van der Waals surface area contributed by atoms with Crippen LogP contribution in [0.2, 0.25) is 0 Å². The monoisotopic (exact) mass is 367 g/mol. The van der Waals surface area contributed by atoms with Crippen LogP contribution in [-0.2, 0) is 9.59 Å². The number of ether oxygens (including phenoxy) is 1. The van der Waals surface area contributed by atoms with Crippen LogP contribution in [0.15, 0.2) is 48.5 Å². The topological polar surface area (TPSA) is 102 Å². The molecule has 1 atom stereocenters. The first kappa shape index (κ1) is 18.4. The number of nitrogens with zero attached hydrogens (tertiary/aromatic N) is 1. The maximum Gasteiger partial charge on any atom is 0.248 e. The smallest absolute Gasteiger partial charge is 0.248 e. The van der Waals surface area contributed by atoms with E-state index in [0.29, 0.717) is 29.3 Å². The van der Waals surface area contributed by atoms with Gasteiger partial charge in [-0.25, -0.2) is 0 Å². The zero-order chi connectivity index (χ0) is 19.4.